The van der Waals surface area contributed by atoms with Crippen LogP contribution in [-0.2, 0) is 19.7 Å². The molecule has 0 radical (unpaired) electrons. The molecule has 1 unspecified atom stereocenters. The van der Waals surface area contributed by atoms with Gasteiger partial charge in [-0.05, 0) is 52.0 Å². The molecular formula is C19H34O3Si. The van der Waals surface area contributed by atoms with Crippen LogP contribution in [0.15, 0.2) is 30.3 Å². The van der Waals surface area contributed by atoms with Crippen LogP contribution >= 0.6 is 0 Å². The molecular weight excluding hydrogens is 304 g/mol. The van der Waals surface area contributed by atoms with Crippen molar-refractivity contribution in [1.29, 1.82) is 0 Å². The molecule has 132 valence electrons. The maximum absolute atomic E-state index is 6.12. The molecule has 0 saturated heterocycles. The van der Waals surface area contributed by atoms with Crippen molar-refractivity contribution in [3.05, 3.63) is 35.9 Å². The Labute approximate surface area is 143 Å². The fourth-order valence-electron chi connectivity index (χ4n) is 3.13. The Kier molecular flexibility index (Phi) is 10.4. The Morgan fingerprint density at radius 3 is 1.87 bits per heavy atom. The lowest BCUT2D eigenvalue weighted by atomic mass is 10.1. The molecule has 0 aliphatic heterocycles. The van der Waals surface area contributed by atoms with Crippen LogP contribution in [0.1, 0.15) is 58.9 Å². The molecule has 1 aromatic rings. The standard InChI is InChI=1S/C19H34O3Si/c1-5-13-19(17-12-16-18-14-10-9-11-15-18)23(20-6-2,21-7-3)22-8-4/h9-11,14-15,19H,5-8,12-13,16-17H2,1-4H3. The van der Waals surface area contributed by atoms with Crippen molar-refractivity contribution in [3.63, 3.8) is 0 Å². The number of rotatable bonds is 13. The first-order valence-corrected chi connectivity index (χ1v) is 11.0. The summed E-state index contributed by atoms with van der Waals surface area (Å²) in [5.41, 5.74) is 1.80. The first-order valence-electron chi connectivity index (χ1n) is 9.18. The number of hydrogen-bond acceptors (Lipinski definition) is 3. The smallest absolute Gasteiger partial charge is 0.374 e. The van der Waals surface area contributed by atoms with E-state index in [1.807, 2.05) is 20.8 Å². The van der Waals surface area contributed by atoms with Crippen LogP contribution in [0.3, 0.4) is 0 Å². The summed E-state index contributed by atoms with van der Waals surface area (Å²) >= 11 is 0. The maximum Gasteiger partial charge on any atom is 0.504 e. The predicted molar refractivity (Wildman–Crippen MR) is 98.7 cm³/mol. The van der Waals surface area contributed by atoms with E-state index >= 15 is 0 Å². The van der Waals surface area contributed by atoms with Gasteiger partial charge in [-0.2, -0.15) is 0 Å². The zero-order valence-corrected chi connectivity index (χ0v) is 16.3. The van der Waals surface area contributed by atoms with Gasteiger partial charge in [0.05, 0.1) is 0 Å². The van der Waals surface area contributed by atoms with E-state index in [1.54, 1.807) is 0 Å². The average Bonchev–Trinajstić information content (AvgIpc) is 2.56. The summed E-state index contributed by atoms with van der Waals surface area (Å²) in [4.78, 5) is 0. The number of aryl methyl sites for hydroxylation is 1. The van der Waals surface area contributed by atoms with Crippen molar-refractivity contribution >= 4 is 8.80 Å². The number of hydrogen-bond donors (Lipinski definition) is 0. The van der Waals surface area contributed by atoms with Crippen LogP contribution in [0.25, 0.3) is 0 Å². The summed E-state index contributed by atoms with van der Waals surface area (Å²) in [6.45, 7) is 10.3. The van der Waals surface area contributed by atoms with Crippen molar-refractivity contribution in [2.75, 3.05) is 19.8 Å². The van der Waals surface area contributed by atoms with Crippen LogP contribution in [0.5, 0.6) is 0 Å². The van der Waals surface area contributed by atoms with Crippen LogP contribution in [0.4, 0.5) is 0 Å². The lowest BCUT2D eigenvalue weighted by Gasteiger charge is -2.35. The first kappa shape index (κ1) is 20.4. The summed E-state index contributed by atoms with van der Waals surface area (Å²) < 4.78 is 18.4. The summed E-state index contributed by atoms with van der Waals surface area (Å²) in [7, 11) is -2.58. The quantitative estimate of drug-likeness (QED) is 0.461. The van der Waals surface area contributed by atoms with Crippen LogP contribution in [-0.4, -0.2) is 28.6 Å². The summed E-state index contributed by atoms with van der Waals surface area (Å²) in [6, 6.07) is 10.7. The van der Waals surface area contributed by atoms with E-state index in [9.17, 15) is 0 Å². The third-order valence-electron chi connectivity index (χ3n) is 4.03. The van der Waals surface area contributed by atoms with Gasteiger partial charge in [0.2, 0.25) is 0 Å². The van der Waals surface area contributed by atoms with Gasteiger partial charge in [-0.1, -0.05) is 43.7 Å². The zero-order chi connectivity index (χ0) is 17.0. The second-order valence-corrected chi connectivity index (χ2v) is 8.66. The van der Waals surface area contributed by atoms with Gasteiger partial charge in [0.1, 0.15) is 0 Å². The van der Waals surface area contributed by atoms with Crippen LogP contribution in [0.2, 0.25) is 5.54 Å². The third kappa shape index (κ3) is 6.75. The topological polar surface area (TPSA) is 27.7 Å². The Hall–Kier alpha value is -0.683. The zero-order valence-electron chi connectivity index (χ0n) is 15.3. The molecule has 1 rings (SSSR count). The second kappa shape index (κ2) is 11.8. The average molecular weight is 339 g/mol. The highest BCUT2D eigenvalue weighted by molar-refractivity contribution is 6.62. The molecule has 1 atom stereocenters. The van der Waals surface area contributed by atoms with E-state index in [0.29, 0.717) is 25.4 Å². The van der Waals surface area contributed by atoms with E-state index < -0.39 is 8.80 Å². The van der Waals surface area contributed by atoms with Crippen molar-refractivity contribution in [2.24, 2.45) is 0 Å². The molecule has 23 heavy (non-hydrogen) atoms. The molecule has 0 aliphatic carbocycles. The molecule has 0 amide bonds. The Morgan fingerprint density at radius 1 is 0.826 bits per heavy atom. The lowest BCUT2D eigenvalue weighted by Crippen LogP contribution is -2.50. The first-order chi connectivity index (χ1) is 11.2. The van der Waals surface area contributed by atoms with E-state index in [1.165, 1.54) is 5.56 Å². The summed E-state index contributed by atoms with van der Waals surface area (Å²) in [6.07, 6.45) is 5.61. The SMILES string of the molecule is CCCC(CCCc1ccccc1)[Si](OCC)(OCC)OCC. The van der Waals surface area contributed by atoms with E-state index in [2.05, 4.69) is 37.3 Å². The molecule has 0 aliphatic rings. The minimum Gasteiger partial charge on any atom is -0.374 e. The van der Waals surface area contributed by atoms with Gasteiger partial charge in [-0.3, -0.25) is 0 Å². The minimum atomic E-state index is -2.58. The van der Waals surface area contributed by atoms with Gasteiger partial charge < -0.3 is 13.3 Å². The lowest BCUT2D eigenvalue weighted by molar-refractivity contribution is 0.0582. The molecule has 0 heterocycles. The van der Waals surface area contributed by atoms with Gasteiger partial charge in [0, 0.05) is 25.4 Å². The molecule has 0 spiro atoms. The molecule has 4 heteroatoms. The minimum absolute atomic E-state index is 0.399. The van der Waals surface area contributed by atoms with E-state index in [0.717, 1.165) is 32.1 Å². The number of benzene rings is 1. The van der Waals surface area contributed by atoms with Crippen LogP contribution in [0, 0.1) is 0 Å². The fourth-order valence-corrected chi connectivity index (χ4v) is 6.49. The van der Waals surface area contributed by atoms with Crippen molar-refractivity contribution in [3.8, 4) is 0 Å². The summed E-state index contributed by atoms with van der Waals surface area (Å²) in [5, 5.41) is 0. The van der Waals surface area contributed by atoms with Crippen molar-refractivity contribution in [2.45, 2.75) is 65.3 Å². The van der Waals surface area contributed by atoms with Crippen molar-refractivity contribution < 1.29 is 13.3 Å². The molecule has 0 N–H and O–H groups in total. The van der Waals surface area contributed by atoms with Crippen LogP contribution < -0.4 is 0 Å². The van der Waals surface area contributed by atoms with Gasteiger partial charge in [-0.15, -0.1) is 0 Å². The Morgan fingerprint density at radius 2 is 1.39 bits per heavy atom. The molecule has 3 nitrogen and oxygen atoms in total. The van der Waals surface area contributed by atoms with E-state index in [4.69, 9.17) is 13.3 Å². The van der Waals surface area contributed by atoms with E-state index in [-0.39, 0.29) is 0 Å². The van der Waals surface area contributed by atoms with Gasteiger partial charge in [-0.25, -0.2) is 0 Å². The maximum atomic E-state index is 6.12. The Balaban J connectivity index is 2.73. The van der Waals surface area contributed by atoms with Gasteiger partial charge in [0.25, 0.3) is 0 Å². The molecule has 1 aromatic carbocycles. The summed E-state index contributed by atoms with van der Waals surface area (Å²) in [5.74, 6) is 0. The second-order valence-electron chi connectivity index (χ2n) is 5.77. The molecule has 0 aromatic heterocycles. The largest absolute Gasteiger partial charge is 0.504 e. The Bertz CT molecular complexity index is 380. The van der Waals surface area contributed by atoms with Gasteiger partial charge in [0.15, 0.2) is 0 Å². The molecule has 0 saturated carbocycles. The molecule has 0 bridgehead atoms. The van der Waals surface area contributed by atoms with Gasteiger partial charge >= 0.3 is 8.80 Å². The molecule has 0 fully saturated rings. The normalized spacial score (nSPS) is 13.2. The van der Waals surface area contributed by atoms with Crippen molar-refractivity contribution in [1.82, 2.24) is 0 Å². The fraction of sp³-hybridized carbons (Fsp3) is 0.684. The monoisotopic (exact) mass is 338 g/mol. The highest BCUT2D eigenvalue weighted by atomic mass is 28.4. The predicted octanol–water partition coefficient (Wildman–Crippen LogP) is 5.23. The third-order valence-corrected chi connectivity index (χ3v) is 7.69. The highest BCUT2D eigenvalue weighted by Crippen LogP contribution is 2.35. The highest BCUT2D eigenvalue weighted by Gasteiger charge is 2.48.